The maximum absolute atomic E-state index is 11.1. The SMILES string of the molecule is COCC1(C)CC(C(C)=O)CN1. The van der Waals surface area contributed by atoms with Gasteiger partial charge < -0.3 is 10.1 Å². The van der Waals surface area contributed by atoms with E-state index in [9.17, 15) is 4.79 Å². The molecule has 0 saturated carbocycles. The van der Waals surface area contributed by atoms with Crippen molar-refractivity contribution in [3.05, 3.63) is 0 Å². The molecule has 1 rings (SSSR count). The second kappa shape index (κ2) is 3.54. The molecule has 2 atom stereocenters. The van der Waals surface area contributed by atoms with Crippen LogP contribution in [0.5, 0.6) is 0 Å². The third kappa shape index (κ3) is 2.05. The molecule has 1 N–H and O–H groups in total. The molecule has 0 radical (unpaired) electrons. The van der Waals surface area contributed by atoms with Crippen LogP contribution in [0.4, 0.5) is 0 Å². The zero-order valence-electron chi connectivity index (χ0n) is 8.02. The van der Waals surface area contributed by atoms with Gasteiger partial charge in [0.2, 0.25) is 0 Å². The summed E-state index contributed by atoms with van der Waals surface area (Å²) in [7, 11) is 1.69. The molecule has 0 aromatic heterocycles. The molecule has 1 heterocycles. The monoisotopic (exact) mass is 171 g/mol. The van der Waals surface area contributed by atoms with Crippen molar-refractivity contribution in [1.29, 1.82) is 0 Å². The van der Waals surface area contributed by atoms with Crippen molar-refractivity contribution < 1.29 is 9.53 Å². The summed E-state index contributed by atoms with van der Waals surface area (Å²) in [5.41, 5.74) is 0.00505. The maximum atomic E-state index is 11.1. The minimum atomic E-state index is 0.00505. The quantitative estimate of drug-likeness (QED) is 0.675. The third-order valence-corrected chi connectivity index (χ3v) is 2.51. The first kappa shape index (κ1) is 9.68. The van der Waals surface area contributed by atoms with Crippen molar-refractivity contribution in [2.24, 2.45) is 5.92 Å². The Bertz CT molecular complexity index is 181. The maximum Gasteiger partial charge on any atom is 0.134 e. The smallest absolute Gasteiger partial charge is 0.134 e. The highest BCUT2D eigenvalue weighted by atomic mass is 16.5. The molecule has 1 aliphatic rings. The number of rotatable bonds is 3. The van der Waals surface area contributed by atoms with Crippen LogP contribution >= 0.6 is 0 Å². The van der Waals surface area contributed by atoms with E-state index < -0.39 is 0 Å². The van der Waals surface area contributed by atoms with Crippen molar-refractivity contribution in [1.82, 2.24) is 5.32 Å². The van der Waals surface area contributed by atoms with E-state index in [4.69, 9.17) is 4.74 Å². The summed E-state index contributed by atoms with van der Waals surface area (Å²) < 4.78 is 5.08. The summed E-state index contributed by atoms with van der Waals surface area (Å²) >= 11 is 0. The molecule has 3 nitrogen and oxygen atoms in total. The molecule has 0 bridgehead atoms. The van der Waals surface area contributed by atoms with E-state index in [2.05, 4.69) is 12.2 Å². The fourth-order valence-corrected chi connectivity index (χ4v) is 1.77. The van der Waals surface area contributed by atoms with Gasteiger partial charge in [0, 0.05) is 25.1 Å². The highest BCUT2D eigenvalue weighted by Crippen LogP contribution is 2.24. The summed E-state index contributed by atoms with van der Waals surface area (Å²) in [5, 5.41) is 3.32. The standard InChI is InChI=1S/C9H17NO2/c1-7(11)8-4-9(2,6-12-3)10-5-8/h8,10H,4-6H2,1-3H3. The summed E-state index contributed by atoms with van der Waals surface area (Å²) in [5.74, 6) is 0.465. The number of hydrogen-bond donors (Lipinski definition) is 1. The lowest BCUT2D eigenvalue weighted by Crippen LogP contribution is -2.40. The number of ether oxygens (including phenoxy) is 1. The van der Waals surface area contributed by atoms with E-state index in [1.54, 1.807) is 14.0 Å². The van der Waals surface area contributed by atoms with E-state index in [-0.39, 0.29) is 17.2 Å². The highest BCUT2D eigenvalue weighted by Gasteiger charge is 2.36. The zero-order valence-corrected chi connectivity index (χ0v) is 8.02. The molecule has 1 saturated heterocycles. The summed E-state index contributed by atoms with van der Waals surface area (Å²) in [6.45, 7) is 5.23. The third-order valence-electron chi connectivity index (χ3n) is 2.51. The van der Waals surface area contributed by atoms with E-state index in [0.29, 0.717) is 6.61 Å². The molecule has 0 aromatic carbocycles. The first-order valence-corrected chi connectivity index (χ1v) is 4.32. The van der Waals surface area contributed by atoms with Crippen LogP contribution in [0.25, 0.3) is 0 Å². The summed E-state index contributed by atoms with van der Waals surface area (Å²) in [4.78, 5) is 11.1. The second-order valence-corrected chi connectivity index (χ2v) is 3.89. The summed E-state index contributed by atoms with van der Waals surface area (Å²) in [6.07, 6.45) is 0.899. The minimum absolute atomic E-state index is 0.00505. The van der Waals surface area contributed by atoms with Crippen LogP contribution < -0.4 is 5.32 Å². The fourth-order valence-electron chi connectivity index (χ4n) is 1.77. The number of carbonyl (C=O) groups excluding carboxylic acids is 1. The number of ketones is 1. The molecule has 0 aliphatic carbocycles. The lowest BCUT2D eigenvalue weighted by Gasteiger charge is -2.22. The lowest BCUT2D eigenvalue weighted by atomic mass is 9.93. The van der Waals surface area contributed by atoms with Gasteiger partial charge in [-0.2, -0.15) is 0 Å². The number of hydrogen-bond acceptors (Lipinski definition) is 3. The number of Topliss-reactive ketones (excluding diaryl/α,β-unsaturated/α-hetero) is 1. The van der Waals surface area contributed by atoms with E-state index >= 15 is 0 Å². The topological polar surface area (TPSA) is 38.3 Å². The van der Waals surface area contributed by atoms with Gasteiger partial charge in [-0.25, -0.2) is 0 Å². The molecule has 2 unspecified atom stereocenters. The molecule has 70 valence electrons. The Balaban J connectivity index is 2.48. The normalized spacial score (nSPS) is 35.4. The number of methoxy groups -OCH3 is 1. The van der Waals surface area contributed by atoms with Gasteiger partial charge in [0.05, 0.1) is 6.61 Å². The van der Waals surface area contributed by atoms with Gasteiger partial charge >= 0.3 is 0 Å². The van der Waals surface area contributed by atoms with E-state index in [1.807, 2.05) is 0 Å². The zero-order chi connectivity index (χ0) is 9.19. The number of carbonyl (C=O) groups is 1. The van der Waals surface area contributed by atoms with Gasteiger partial charge in [-0.1, -0.05) is 0 Å². The predicted octanol–water partition coefficient (Wildman–Crippen LogP) is 0.590. The Kier molecular flexibility index (Phi) is 2.85. The van der Waals surface area contributed by atoms with Crippen LogP contribution in [0.2, 0.25) is 0 Å². The first-order chi connectivity index (χ1) is 5.57. The van der Waals surface area contributed by atoms with Gasteiger partial charge in [0.25, 0.3) is 0 Å². The van der Waals surface area contributed by atoms with E-state index in [0.717, 1.165) is 13.0 Å². The predicted molar refractivity (Wildman–Crippen MR) is 47.1 cm³/mol. The van der Waals surface area contributed by atoms with Crippen LogP contribution in [0.15, 0.2) is 0 Å². The van der Waals surface area contributed by atoms with Gasteiger partial charge in [-0.05, 0) is 20.3 Å². The molecule has 12 heavy (non-hydrogen) atoms. The Morgan fingerprint density at radius 2 is 2.42 bits per heavy atom. The molecule has 0 spiro atoms. The molecule has 0 aromatic rings. The number of nitrogens with one attached hydrogen (secondary N) is 1. The molecule has 0 amide bonds. The van der Waals surface area contributed by atoms with E-state index in [1.165, 1.54) is 0 Å². The van der Waals surface area contributed by atoms with Crippen molar-refractivity contribution in [3.8, 4) is 0 Å². The Hall–Kier alpha value is -0.410. The molecule has 3 heteroatoms. The average Bonchev–Trinajstić information content (AvgIpc) is 2.33. The van der Waals surface area contributed by atoms with Crippen molar-refractivity contribution in [2.45, 2.75) is 25.8 Å². The largest absolute Gasteiger partial charge is 0.383 e. The highest BCUT2D eigenvalue weighted by molar-refractivity contribution is 5.79. The molecule has 1 fully saturated rings. The summed E-state index contributed by atoms with van der Waals surface area (Å²) in [6, 6.07) is 0. The van der Waals surface area contributed by atoms with Crippen LogP contribution in [0.1, 0.15) is 20.3 Å². The van der Waals surface area contributed by atoms with Gasteiger partial charge in [0.1, 0.15) is 5.78 Å². The van der Waals surface area contributed by atoms with Gasteiger partial charge in [-0.3, -0.25) is 4.79 Å². The minimum Gasteiger partial charge on any atom is -0.383 e. The van der Waals surface area contributed by atoms with Crippen LogP contribution in [-0.2, 0) is 9.53 Å². The van der Waals surface area contributed by atoms with Gasteiger partial charge in [0.15, 0.2) is 0 Å². The second-order valence-electron chi connectivity index (χ2n) is 3.89. The Labute approximate surface area is 73.5 Å². The van der Waals surface area contributed by atoms with Gasteiger partial charge in [-0.15, -0.1) is 0 Å². The van der Waals surface area contributed by atoms with Crippen LogP contribution in [0, 0.1) is 5.92 Å². The van der Waals surface area contributed by atoms with Crippen LogP contribution in [-0.4, -0.2) is 31.6 Å². The first-order valence-electron chi connectivity index (χ1n) is 4.32. The Morgan fingerprint density at radius 1 is 1.75 bits per heavy atom. The molecule has 1 aliphatic heterocycles. The molecular formula is C9H17NO2. The lowest BCUT2D eigenvalue weighted by molar-refractivity contribution is -0.120. The average molecular weight is 171 g/mol. The fraction of sp³-hybridized carbons (Fsp3) is 0.889. The van der Waals surface area contributed by atoms with Crippen molar-refractivity contribution >= 4 is 5.78 Å². The van der Waals surface area contributed by atoms with Crippen LogP contribution in [0.3, 0.4) is 0 Å². The van der Waals surface area contributed by atoms with Crippen molar-refractivity contribution in [2.75, 3.05) is 20.3 Å². The Morgan fingerprint density at radius 3 is 2.83 bits per heavy atom. The van der Waals surface area contributed by atoms with Crippen molar-refractivity contribution in [3.63, 3.8) is 0 Å². The molecular weight excluding hydrogens is 154 g/mol.